The predicted molar refractivity (Wildman–Crippen MR) is 49.8 cm³/mol. The normalized spacial score (nSPS) is 13.5. The number of aliphatic hydroxyl groups excluding tert-OH is 1. The zero-order valence-electron chi connectivity index (χ0n) is 6.27. The summed E-state index contributed by atoms with van der Waals surface area (Å²) in [7, 11) is 0. The van der Waals surface area contributed by atoms with Gasteiger partial charge in [-0.25, -0.2) is 0 Å². The van der Waals surface area contributed by atoms with Gasteiger partial charge in [-0.1, -0.05) is 35.9 Å². The molecule has 0 unspecified atom stereocenters. The molecule has 0 amide bonds. The molecule has 1 nitrogen and oxygen atoms in total. The molecular formula is C8H10Cl2O. The van der Waals surface area contributed by atoms with Crippen molar-refractivity contribution in [2.24, 2.45) is 0 Å². The second kappa shape index (κ2) is 5.42. The van der Waals surface area contributed by atoms with E-state index in [-0.39, 0.29) is 6.61 Å². The smallest absolute Gasteiger partial charge is 0.0696 e. The van der Waals surface area contributed by atoms with E-state index in [1.165, 1.54) is 0 Å². The van der Waals surface area contributed by atoms with E-state index in [0.717, 1.165) is 0 Å². The lowest BCUT2D eigenvalue weighted by Gasteiger charge is -1.97. The minimum absolute atomic E-state index is 0.122. The summed E-state index contributed by atoms with van der Waals surface area (Å²) in [5.41, 5.74) is 0.576. The SMILES string of the molecule is C=C(Cl)/C(=C\C=C(/C)Cl)CO. The van der Waals surface area contributed by atoms with Gasteiger partial charge in [0.2, 0.25) is 0 Å². The molecule has 0 aliphatic carbocycles. The number of rotatable bonds is 3. The number of halogens is 2. The van der Waals surface area contributed by atoms with Gasteiger partial charge in [0.1, 0.15) is 0 Å². The molecule has 0 heterocycles. The van der Waals surface area contributed by atoms with Crippen LogP contribution in [0.1, 0.15) is 6.92 Å². The van der Waals surface area contributed by atoms with E-state index in [2.05, 4.69) is 6.58 Å². The van der Waals surface area contributed by atoms with E-state index in [0.29, 0.717) is 15.6 Å². The van der Waals surface area contributed by atoms with E-state index in [1.807, 2.05) is 0 Å². The van der Waals surface area contributed by atoms with Gasteiger partial charge in [-0.2, -0.15) is 0 Å². The van der Waals surface area contributed by atoms with Crippen molar-refractivity contribution in [1.82, 2.24) is 0 Å². The summed E-state index contributed by atoms with van der Waals surface area (Å²) in [5.74, 6) is 0. The number of aliphatic hydroxyl groups is 1. The fraction of sp³-hybridized carbons (Fsp3) is 0.250. The van der Waals surface area contributed by atoms with Gasteiger partial charge < -0.3 is 5.11 Å². The summed E-state index contributed by atoms with van der Waals surface area (Å²) >= 11 is 11.1. The van der Waals surface area contributed by atoms with E-state index < -0.39 is 0 Å². The number of allylic oxidation sites excluding steroid dienone is 3. The molecule has 0 aliphatic heterocycles. The molecule has 11 heavy (non-hydrogen) atoms. The van der Waals surface area contributed by atoms with Crippen molar-refractivity contribution in [2.45, 2.75) is 6.92 Å². The maximum atomic E-state index is 8.72. The largest absolute Gasteiger partial charge is 0.392 e. The van der Waals surface area contributed by atoms with E-state index >= 15 is 0 Å². The Kier molecular flexibility index (Phi) is 5.30. The van der Waals surface area contributed by atoms with Gasteiger partial charge >= 0.3 is 0 Å². The van der Waals surface area contributed by atoms with Crippen LogP contribution < -0.4 is 0 Å². The molecule has 0 saturated heterocycles. The van der Waals surface area contributed by atoms with Crippen LogP contribution in [-0.2, 0) is 0 Å². The molecule has 1 N–H and O–H groups in total. The van der Waals surface area contributed by atoms with Gasteiger partial charge in [0.15, 0.2) is 0 Å². The van der Waals surface area contributed by atoms with Crippen LogP contribution >= 0.6 is 23.2 Å². The topological polar surface area (TPSA) is 20.2 Å². The van der Waals surface area contributed by atoms with Gasteiger partial charge in [-0.05, 0) is 18.6 Å². The quantitative estimate of drug-likeness (QED) is 0.683. The number of hydrogen-bond donors (Lipinski definition) is 1. The third-order valence-electron chi connectivity index (χ3n) is 1.03. The van der Waals surface area contributed by atoms with Gasteiger partial charge in [-0.3, -0.25) is 0 Å². The van der Waals surface area contributed by atoms with Gasteiger partial charge in [-0.15, -0.1) is 0 Å². The average molecular weight is 193 g/mol. The first-order chi connectivity index (χ1) is 5.07. The molecule has 0 aromatic heterocycles. The van der Waals surface area contributed by atoms with E-state index in [9.17, 15) is 0 Å². The molecule has 3 heteroatoms. The standard InChI is InChI=1S/C8H10Cl2O/c1-6(9)3-4-8(5-11)7(2)10/h3-4,11H,2,5H2,1H3/b6-3+,8-4-. The first-order valence-corrected chi connectivity index (χ1v) is 3.82. The Balaban J connectivity index is 4.37. The van der Waals surface area contributed by atoms with Crippen molar-refractivity contribution in [1.29, 1.82) is 0 Å². The Morgan fingerprint density at radius 3 is 2.27 bits per heavy atom. The number of hydrogen-bond acceptors (Lipinski definition) is 1. The molecule has 0 bridgehead atoms. The first-order valence-electron chi connectivity index (χ1n) is 3.06. The summed E-state index contributed by atoms with van der Waals surface area (Å²) in [6, 6.07) is 0. The van der Waals surface area contributed by atoms with Crippen LogP contribution in [0.25, 0.3) is 0 Å². The second-order valence-electron chi connectivity index (χ2n) is 2.01. The monoisotopic (exact) mass is 192 g/mol. The second-order valence-corrected chi connectivity index (χ2v) is 3.06. The average Bonchev–Trinajstić information content (AvgIpc) is 1.87. The Labute approximate surface area is 76.6 Å². The minimum atomic E-state index is -0.122. The molecule has 0 radical (unpaired) electrons. The highest BCUT2D eigenvalue weighted by Crippen LogP contribution is 2.12. The summed E-state index contributed by atoms with van der Waals surface area (Å²) in [6.45, 7) is 5.09. The van der Waals surface area contributed by atoms with Crippen LogP contribution in [0.4, 0.5) is 0 Å². The minimum Gasteiger partial charge on any atom is -0.392 e. The Bertz CT molecular complexity index is 200. The molecule has 62 valence electrons. The highest BCUT2D eigenvalue weighted by atomic mass is 35.5. The lowest BCUT2D eigenvalue weighted by Crippen LogP contribution is -1.88. The lowest BCUT2D eigenvalue weighted by atomic mass is 10.2. The summed E-state index contributed by atoms with van der Waals surface area (Å²) < 4.78 is 0. The molecule has 0 aromatic carbocycles. The van der Waals surface area contributed by atoms with Crippen LogP contribution in [0.2, 0.25) is 0 Å². The van der Waals surface area contributed by atoms with Gasteiger partial charge in [0.25, 0.3) is 0 Å². The molecule has 0 atom stereocenters. The highest BCUT2D eigenvalue weighted by molar-refractivity contribution is 6.31. The molecular weight excluding hydrogens is 183 g/mol. The van der Waals surface area contributed by atoms with Crippen LogP contribution in [0.15, 0.2) is 34.4 Å². The van der Waals surface area contributed by atoms with Crippen molar-refractivity contribution >= 4 is 23.2 Å². The van der Waals surface area contributed by atoms with E-state index in [1.54, 1.807) is 19.1 Å². The van der Waals surface area contributed by atoms with Crippen molar-refractivity contribution in [3.63, 3.8) is 0 Å². The molecule has 0 spiro atoms. The molecule has 0 aliphatic rings. The fourth-order valence-corrected chi connectivity index (χ4v) is 0.630. The summed E-state index contributed by atoms with van der Waals surface area (Å²) in [6.07, 6.45) is 3.29. The van der Waals surface area contributed by atoms with Crippen molar-refractivity contribution in [3.05, 3.63) is 34.4 Å². The summed E-state index contributed by atoms with van der Waals surface area (Å²) in [5, 5.41) is 9.69. The van der Waals surface area contributed by atoms with Crippen molar-refractivity contribution in [2.75, 3.05) is 6.61 Å². The van der Waals surface area contributed by atoms with Crippen molar-refractivity contribution in [3.8, 4) is 0 Å². The lowest BCUT2D eigenvalue weighted by molar-refractivity contribution is 0.334. The molecule has 0 aromatic rings. The maximum Gasteiger partial charge on any atom is 0.0696 e. The fourth-order valence-electron chi connectivity index (χ4n) is 0.444. The highest BCUT2D eigenvalue weighted by Gasteiger charge is 1.94. The molecule has 0 saturated carbocycles. The third kappa shape index (κ3) is 5.08. The zero-order chi connectivity index (χ0) is 8.85. The van der Waals surface area contributed by atoms with E-state index in [4.69, 9.17) is 28.3 Å². The Morgan fingerprint density at radius 2 is 2.00 bits per heavy atom. The van der Waals surface area contributed by atoms with Crippen LogP contribution in [-0.4, -0.2) is 11.7 Å². The van der Waals surface area contributed by atoms with Crippen molar-refractivity contribution < 1.29 is 5.11 Å². The first kappa shape index (κ1) is 10.8. The Morgan fingerprint density at radius 1 is 1.45 bits per heavy atom. The van der Waals surface area contributed by atoms with Gasteiger partial charge in [0.05, 0.1) is 6.61 Å². The maximum absolute atomic E-state index is 8.72. The van der Waals surface area contributed by atoms with Gasteiger partial charge in [0, 0.05) is 10.1 Å². The molecule has 0 rings (SSSR count). The zero-order valence-corrected chi connectivity index (χ0v) is 7.78. The van der Waals surface area contributed by atoms with Crippen LogP contribution in [0.3, 0.4) is 0 Å². The van der Waals surface area contributed by atoms with Crippen LogP contribution in [0, 0.1) is 0 Å². The molecule has 0 fully saturated rings. The third-order valence-corrected chi connectivity index (χ3v) is 1.40. The summed E-state index contributed by atoms with van der Waals surface area (Å²) in [4.78, 5) is 0. The Hall–Kier alpha value is -0.240. The van der Waals surface area contributed by atoms with Crippen LogP contribution in [0.5, 0.6) is 0 Å². The predicted octanol–water partition coefficient (Wildman–Crippen LogP) is 2.80.